The summed E-state index contributed by atoms with van der Waals surface area (Å²) in [6.45, 7) is 6.15. The van der Waals surface area contributed by atoms with E-state index in [-0.39, 0.29) is 0 Å². The molecule has 0 N–H and O–H groups in total. The minimum atomic E-state index is 0.361. The van der Waals surface area contributed by atoms with Crippen molar-refractivity contribution in [2.45, 2.75) is 46.5 Å². The lowest BCUT2D eigenvalue weighted by atomic mass is 9.98. The molecular weight excluding hydrogens is 212 g/mol. The number of Topliss-reactive ketones (excluding diaryl/α,β-unsaturated/α-hetero) is 1. The van der Waals surface area contributed by atoms with Crippen LogP contribution in [0.1, 0.15) is 42.9 Å². The maximum absolute atomic E-state index is 11.5. The van der Waals surface area contributed by atoms with Crippen LogP contribution in [0, 0.1) is 13.8 Å². The third-order valence-corrected chi connectivity index (χ3v) is 3.06. The van der Waals surface area contributed by atoms with E-state index < -0.39 is 0 Å². The second-order valence-electron chi connectivity index (χ2n) is 4.54. The van der Waals surface area contributed by atoms with E-state index in [0.29, 0.717) is 18.6 Å². The van der Waals surface area contributed by atoms with Gasteiger partial charge in [0, 0.05) is 12.8 Å². The second-order valence-corrected chi connectivity index (χ2v) is 4.54. The molecule has 1 aromatic rings. The summed E-state index contributed by atoms with van der Waals surface area (Å²) in [6, 6.07) is 4.18. The van der Waals surface area contributed by atoms with E-state index in [9.17, 15) is 4.79 Å². The van der Waals surface area contributed by atoms with Gasteiger partial charge in [0.15, 0.2) is 0 Å². The van der Waals surface area contributed by atoms with Crippen molar-refractivity contribution in [1.29, 1.82) is 0 Å². The molecule has 0 aromatic heterocycles. The van der Waals surface area contributed by atoms with Crippen LogP contribution < -0.4 is 4.74 Å². The topological polar surface area (TPSA) is 26.3 Å². The number of aryl methyl sites for hydroxylation is 3. The first-order valence-corrected chi connectivity index (χ1v) is 6.24. The largest absolute Gasteiger partial charge is 0.496 e. The fourth-order valence-electron chi connectivity index (χ4n) is 2.02. The molecular formula is C15H22O2. The molecule has 0 unspecified atom stereocenters. The summed E-state index contributed by atoms with van der Waals surface area (Å²) in [7, 11) is 1.69. The SMILES string of the molecule is CCCC(=O)CCc1cc(C)c(OC)cc1C. The second kappa shape index (κ2) is 6.43. The molecule has 0 fully saturated rings. The quantitative estimate of drug-likeness (QED) is 0.751. The highest BCUT2D eigenvalue weighted by Crippen LogP contribution is 2.23. The average Bonchev–Trinajstić information content (AvgIpc) is 2.30. The zero-order valence-electron chi connectivity index (χ0n) is 11.3. The zero-order valence-corrected chi connectivity index (χ0v) is 11.3. The van der Waals surface area contributed by atoms with Gasteiger partial charge in [0.1, 0.15) is 11.5 Å². The maximum atomic E-state index is 11.5. The summed E-state index contributed by atoms with van der Waals surface area (Å²) in [5, 5.41) is 0. The zero-order chi connectivity index (χ0) is 12.8. The number of carbonyl (C=O) groups is 1. The fraction of sp³-hybridized carbons (Fsp3) is 0.533. The van der Waals surface area contributed by atoms with Crippen molar-refractivity contribution in [2.75, 3.05) is 7.11 Å². The highest BCUT2D eigenvalue weighted by molar-refractivity contribution is 5.78. The summed E-state index contributed by atoms with van der Waals surface area (Å²) in [6.07, 6.45) is 3.14. The first-order valence-electron chi connectivity index (χ1n) is 6.24. The first kappa shape index (κ1) is 13.8. The third-order valence-electron chi connectivity index (χ3n) is 3.06. The van der Waals surface area contributed by atoms with E-state index in [4.69, 9.17) is 4.74 Å². The Kier molecular flexibility index (Phi) is 5.20. The molecule has 0 amide bonds. The van der Waals surface area contributed by atoms with Crippen LogP contribution in [0.2, 0.25) is 0 Å². The van der Waals surface area contributed by atoms with Crippen molar-refractivity contribution in [3.05, 3.63) is 28.8 Å². The molecule has 0 bridgehead atoms. The number of hydrogen-bond acceptors (Lipinski definition) is 2. The van der Waals surface area contributed by atoms with Crippen LogP contribution in [0.25, 0.3) is 0 Å². The van der Waals surface area contributed by atoms with Crippen LogP contribution in [0.15, 0.2) is 12.1 Å². The van der Waals surface area contributed by atoms with Gasteiger partial charge in [-0.25, -0.2) is 0 Å². The molecule has 0 saturated heterocycles. The van der Waals surface area contributed by atoms with Crippen molar-refractivity contribution in [2.24, 2.45) is 0 Å². The summed E-state index contributed by atoms with van der Waals surface area (Å²) in [4.78, 5) is 11.5. The molecule has 0 saturated carbocycles. The highest BCUT2D eigenvalue weighted by Gasteiger charge is 2.07. The number of ether oxygens (including phenoxy) is 1. The Morgan fingerprint density at radius 1 is 1.18 bits per heavy atom. The van der Waals surface area contributed by atoms with E-state index in [1.54, 1.807) is 7.11 Å². The van der Waals surface area contributed by atoms with Gasteiger partial charge in [-0.2, -0.15) is 0 Å². The van der Waals surface area contributed by atoms with Gasteiger partial charge in [-0.1, -0.05) is 13.0 Å². The van der Waals surface area contributed by atoms with Gasteiger partial charge in [0.25, 0.3) is 0 Å². The van der Waals surface area contributed by atoms with Gasteiger partial charge < -0.3 is 4.74 Å². The van der Waals surface area contributed by atoms with Crippen molar-refractivity contribution >= 4 is 5.78 Å². The van der Waals surface area contributed by atoms with Gasteiger partial charge in [0.2, 0.25) is 0 Å². The summed E-state index contributed by atoms with van der Waals surface area (Å²) < 4.78 is 5.28. The van der Waals surface area contributed by atoms with E-state index in [2.05, 4.69) is 19.1 Å². The van der Waals surface area contributed by atoms with Gasteiger partial charge in [0.05, 0.1) is 7.11 Å². The minimum Gasteiger partial charge on any atom is -0.496 e. The highest BCUT2D eigenvalue weighted by atomic mass is 16.5. The van der Waals surface area contributed by atoms with Crippen LogP contribution in [-0.2, 0) is 11.2 Å². The Hall–Kier alpha value is -1.31. The van der Waals surface area contributed by atoms with Gasteiger partial charge in [-0.15, -0.1) is 0 Å². The normalized spacial score (nSPS) is 10.4. The van der Waals surface area contributed by atoms with Crippen molar-refractivity contribution in [1.82, 2.24) is 0 Å². The molecule has 0 radical (unpaired) electrons. The lowest BCUT2D eigenvalue weighted by Crippen LogP contribution is -2.01. The molecule has 1 rings (SSSR count). The monoisotopic (exact) mass is 234 g/mol. The summed E-state index contributed by atoms with van der Waals surface area (Å²) in [5.74, 6) is 1.28. The molecule has 0 heterocycles. The Labute approximate surface area is 104 Å². The van der Waals surface area contributed by atoms with Crippen LogP contribution >= 0.6 is 0 Å². The Bertz CT molecular complexity index is 394. The van der Waals surface area contributed by atoms with E-state index in [1.165, 1.54) is 11.1 Å². The molecule has 0 aliphatic rings. The van der Waals surface area contributed by atoms with Crippen molar-refractivity contribution in [3.63, 3.8) is 0 Å². The molecule has 0 atom stereocenters. The Balaban J connectivity index is 2.72. The van der Waals surface area contributed by atoms with Crippen LogP contribution in [-0.4, -0.2) is 12.9 Å². The van der Waals surface area contributed by atoms with Crippen molar-refractivity contribution < 1.29 is 9.53 Å². The van der Waals surface area contributed by atoms with Crippen LogP contribution in [0.5, 0.6) is 5.75 Å². The summed E-state index contributed by atoms with van der Waals surface area (Å²) >= 11 is 0. The average molecular weight is 234 g/mol. The number of methoxy groups -OCH3 is 1. The van der Waals surface area contributed by atoms with E-state index in [1.807, 2.05) is 13.8 Å². The number of benzene rings is 1. The molecule has 17 heavy (non-hydrogen) atoms. The van der Waals surface area contributed by atoms with Crippen LogP contribution in [0.4, 0.5) is 0 Å². The Morgan fingerprint density at radius 3 is 2.47 bits per heavy atom. The van der Waals surface area contributed by atoms with Gasteiger partial charge >= 0.3 is 0 Å². The standard InChI is InChI=1S/C15H22O2/c1-5-6-14(16)8-7-13-9-12(3)15(17-4)10-11(13)2/h9-10H,5-8H2,1-4H3. The summed E-state index contributed by atoms with van der Waals surface area (Å²) in [5.41, 5.74) is 3.60. The Morgan fingerprint density at radius 2 is 1.88 bits per heavy atom. The van der Waals surface area contributed by atoms with Crippen LogP contribution in [0.3, 0.4) is 0 Å². The molecule has 0 spiro atoms. The van der Waals surface area contributed by atoms with Gasteiger partial charge in [-0.05, 0) is 49.4 Å². The number of carbonyl (C=O) groups excluding carboxylic acids is 1. The predicted octanol–water partition coefficient (Wildman–Crippen LogP) is 3.61. The van der Waals surface area contributed by atoms with E-state index >= 15 is 0 Å². The number of ketones is 1. The lowest BCUT2D eigenvalue weighted by molar-refractivity contribution is -0.119. The molecule has 2 heteroatoms. The third kappa shape index (κ3) is 3.88. The smallest absolute Gasteiger partial charge is 0.133 e. The predicted molar refractivity (Wildman–Crippen MR) is 70.7 cm³/mol. The minimum absolute atomic E-state index is 0.361. The molecule has 94 valence electrons. The number of hydrogen-bond donors (Lipinski definition) is 0. The molecule has 1 aromatic carbocycles. The maximum Gasteiger partial charge on any atom is 0.133 e. The first-order chi connectivity index (χ1) is 8.08. The van der Waals surface area contributed by atoms with Crippen molar-refractivity contribution in [3.8, 4) is 5.75 Å². The lowest BCUT2D eigenvalue weighted by Gasteiger charge is -2.11. The number of rotatable bonds is 6. The molecule has 2 nitrogen and oxygen atoms in total. The van der Waals surface area contributed by atoms with Gasteiger partial charge in [-0.3, -0.25) is 4.79 Å². The fourth-order valence-corrected chi connectivity index (χ4v) is 2.02. The van der Waals surface area contributed by atoms with E-state index in [0.717, 1.165) is 24.2 Å². The molecule has 0 aliphatic carbocycles. The molecule has 0 aliphatic heterocycles.